The summed E-state index contributed by atoms with van der Waals surface area (Å²) in [5.41, 5.74) is 5.94. The van der Waals surface area contributed by atoms with Crippen molar-refractivity contribution < 1.29 is 0 Å². The second-order valence-electron chi connectivity index (χ2n) is 5.85. The Labute approximate surface area is 132 Å². The summed E-state index contributed by atoms with van der Waals surface area (Å²) in [6, 6.07) is 13.0. The molecule has 0 spiro atoms. The molecule has 1 N–H and O–H groups in total. The van der Waals surface area contributed by atoms with Crippen LogP contribution in [0.15, 0.2) is 36.4 Å². The van der Waals surface area contributed by atoms with E-state index in [0.717, 1.165) is 16.4 Å². The van der Waals surface area contributed by atoms with Gasteiger partial charge in [-0.3, -0.25) is 0 Å². The molecule has 0 amide bonds. The van der Waals surface area contributed by atoms with Gasteiger partial charge < -0.3 is 10.2 Å². The van der Waals surface area contributed by atoms with Crippen molar-refractivity contribution in [2.45, 2.75) is 26.8 Å². The Morgan fingerprint density at radius 2 is 1.62 bits per heavy atom. The highest BCUT2D eigenvalue weighted by molar-refractivity contribution is 6.33. The number of halogens is 1. The Morgan fingerprint density at radius 1 is 1.00 bits per heavy atom. The fourth-order valence-electron chi connectivity index (χ4n) is 2.55. The third-order valence-corrected chi connectivity index (χ3v) is 3.86. The van der Waals surface area contributed by atoms with Gasteiger partial charge in [0.2, 0.25) is 0 Å². The summed E-state index contributed by atoms with van der Waals surface area (Å²) in [4.78, 5) is 2.01. The Kier molecular flexibility index (Phi) is 4.79. The number of nitrogens with one attached hydrogen (secondary N) is 1. The molecule has 0 aromatic heterocycles. The summed E-state index contributed by atoms with van der Waals surface area (Å²) in [6.45, 7) is 6.43. The Hall–Kier alpha value is -1.67. The zero-order chi connectivity index (χ0) is 15.6. The van der Waals surface area contributed by atoms with Crippen molar-refractivity contribution in [1.82, 2.24) is 0 Å². The molecule has 112 valence electrons. The lowest BCUT2D eigenvalue weighted by Crippen LogP contribution is -2.10. The largest absolute Gasteiger partial charge is 0.378 e. The van der Waals surface area contributed by atoms with Crippen molar-refractivity contribution in [2.24, 2.45) is 0 Å². The Morgan fingerprint density at radius 3 is 2.14 bits per heavy atom. The first-order valence-electron chi connectivity index (χ1n) is 7.18. The van der Waals surface area contributed by atoms with Crippen LogP contribution in [0.25, 0.3) is 0 Å². The normalized spacial score (nSPS) is 12.1. The second kappa shape index (κ2) is 6.40. The predicted molar refractivity (Wildman–Crippen MR) is 93.7 cm³/mol. The fraction of sp³-hybridized carbons (Fsp3) is 0.333. The number of aryl methyl sites for hydroxylation is 2. The lowest BCUT2D eigenvalue weighted by molar-refractivity contribution is 0.880. The molecule has 0 fully saturated rings. The molecular formula is C18H23ClN2. The van der Waals surface area contributed by atoms with E-state index in [1.54, 1.807) is 0 Å². The van der Waals surface area contributed by atoms with E-state index in [1.165, 1.54) is 16.7 Å². The van der Waals surface area contributed by atoms with Crippen LogP contribution in [0.1, 0.15) is 29.7 Å². The molecule has 2 nitrogen and oxygen atoms in total. The minimum atomic E-state index is 0.241. The van der Waals surface area contributed by atoms with Crippen LogP contribution in [-0.2, 0) is 0 Å². The van der Waals surface area contributed by atoms with E-state index >= 15 is 0 Å². The molecule has 2 aromatic rings. The standard InChI is InChI=1S/C18H23ClN2/c1-12-8-13(2)10-15(9-12)14(3)20-16-6-7-18(21(4)5)17(19)11-16/h6-11,14,20H,1-5H3. The first-order valence-corrected chi connectivity index (χ1v) is 7.56. The summed E-state index contributed by atoms with van der Waals surface area (Å²) in [6.07, 6.45) is 0. The average Bonchev–Trinajstić information content (AvgIpc) is 2.37. The van der Waals surface area contributed by atoms with Crippen molar-refractivity contribution in [3.05, 3.63) is 58.1 Å². The summed E-state index contributed by atoms with van der Waals surface area (Å²) in [7, 11) is 3.99. The predicted octanol–water partition coefficient (Wildman–Crippen LogP) is 5.20. The number of rotatable bonds is 4. The average molecular weight is 303 g/mol. The first kappa shape index (κ1) is 15.7. The molecule has 0 saturated carbocycles. The number of anilines is 2. The van der Waals surface area contributed by atoms with E-state index in [0.29, 0.717) is 0 Å². The third-order valence-electron chi connectivity index (χ3n) is 3.56. The van der Waals surface area contributed by atoms with E-state index in [-0.39, 0.29) is 6.04 Å². The van der Waals surface area contributed by atoms with Crippen LogP contribution in [0, 0.1) is 13.8 Å². The van der Waals surface area contributed by atoms with Gasteiger partial charge in [-0.05, 0) is 44.5 Å². The number of hydrogen-bond acceptors (Lipinski definition) is 2. The van der Waals surface area contributed by atoms with Crippen LogP contribution in [-0.4, -0.2) is 14.1 Å². The van der Waals surface area contributed by atoms with Gasteiger partial charge in [0.15, 0.2) is 0 Å². The van der Waals surface area contributed by atoms with Crippen molar-refractivity contribution >= 4 is 23.0 Å². The SMILES string of the molecule is Cc1cc(C)cc(C(C)Nc2ccc(N(C)C)c(Cl)c2)c1. The van der Waals surface area contributed by atoms with Gasteiger partial charge in [-0.1, -0.05) is 40.9 Å². The van der Waals surface area contributed by atoms with E-state index < -0.39 is 0 Å². The molecule has 0 bridgehead atoms. The molecule has 0 radical (unpaired) electrons. The van der Waals surface area contributed by atoms with Crippen LogP contribution < -0.4 is 10.2 Å². The lowest BCUT2D eigenvalue weighted by Gasteiger charge is -2.19. The topological polar surface area (TPSA) is 15.3 Å². The molecule has 1 unspecified atom stereocenters. The summed E-state index contributed by atoms with van der Waals surface area (Å²) < 4.78 is 0. The van der Waals surface area contributed by atoms with E-state index in [4.69, 9.17) is 11.6 Å². The van der Waals surface area contributed by atoms with Gasteiger partial charge in [0, 0.05) is 25.8 Å². The van der Waals surface area contributed by atoms with Gasteiger partial charge in [-0.25, -0.2) is 0 Å². The molecule has 0 aliphatic heterocycles. The van der Waals surface area contributed by atoms with Crippen LogP contribution >= 0.6 is 11.6 Å². The summed E-state index contributed by atoms with van der Waals surface area (Å²) in [5, 5.41) is 4.28. The molecule has 0 aliphatic rings. The van der Waals surface area contributed by atoms with Gasteiger partial charge in [-0.15, -0.1) is 0 Å². The van der Waals surface area contributed by atoms with Gasteiger partial charge in [0.05, 0.1) is 10.7 Å². The smallest absolute Gasteiger partial charge is 0.0659 e. The van der Waals surface area contributed by atoms with Crippen molar-refractivity contribution in [2.75, 3.05) is 24.3 Å². The fourth-order valence-corrected chi connectivity index (χ4v) is 2.90. The van der Waals surface area contributed by atoms with E-state index in [2.05, 4.69) is 50.4 Å². The van der Waals surface area contributed by atoms with E-state index in [1.807, 2.05) is 31.1 Å². The maximum Gasteiger partial charge on any atom is 0.0659 e. The van der Waals surface area contributed by atoms with Crippen LogP contribution in [0.5, 0.6) is 0 Å². The van der Waals surface area contributed by atoms with Gasteiger partial charge in [0.1, 0.15) is 0 Å². The third kappa shape index (κ3) is 3.92. The highest BCUT2D eigenvalue weighted by atomic mass is 35.5. The summed E-state index contributed by atoms with van der Waals surface area (Å²) >= 11 is 6.32. The minimum absolute atomic E-state index is 0.241. The Bertz CT molecular complexity index is 615. The number of benzene rings is 2. The van der Waals surface area contributed by atoms with Crippen LogP contribution in [0.2, 0.25) is 5.02 Å². The summed E-state index contributed by atoms with van der Waals surface area (Å²) in [5.74, 6) is 0. The molecular weight excluding hydrogens is 280 g/mol. The second-order valence-corrected chi connectivity index (χ2v) is 6.25. The van der Waals surface area contributed by atoms with Crippen molar-refractivity contribution in [3.63, 3.8) is 0 Å². The molecule has 0 heterocycles. The van der Waals surface area contributed by atoms with Crippen molar-refractivity contribution in [1.29, 1.82) is 0 Å². The maximum atomic E-state index is 6.32. The molecule has 1 atom stereocenters. The molecule has 0 saturated heterocycles. The van der Waals surface area contributed by atoms with Crippen LogP contribution in [0.3, 0.4) is 0 Å². The Balaban J connectivity index is 2.19. The maximum absolute atomic E-state index is 6.32. The molecule has 0 aliphatic carbocycles. The molecule has 3 heteroatoms. The number of nitrogens with zero attached hydrogens (tertiary/aromatic N) is 1. The lowest BCUT2D eigenvalue weighted by atomic mass is 10.0. The minimum Gasteiger partial charge on any atom is -0.378 e. The molecule has 2 rings (SSSR count). The highest BCUT2D eigenvalue weighted by Crippen LogP contribution is 2.29. The van der Waals surface area contributed by atoms with Gasteiger partial charge >= 0.3 is 0 Å². The zero-order valence-corrected chi connectivity index (χ0v) is 14.1. The van der Waals surface area contributed by atoms with Crippen LogP contribution in [0.4, 0.5) is 11.4 Å². The quantitative estimate of drug-likeness (QED) is 0.835. The van der Waals surface area contributed by atoms with E-state index in [9.17, 15) is 0 Å². The monoisotopic (exact) mass is 302 g/mol. The molecule has 2 aromatic carbocycles. The molecule has 21 heavy (non-hydrogen) atoms. The van der Waals surface area contributed by atoms with Gasteiger partial charge in [-0.2, -0.15) is 0 Å². The first-order chi connectivity index (χ1) is 9.86. The van der Waals surface area contributed by atoms with Gasteiger partial charge in [0.25, 0.3) is 0 Å². The number of hydrogen-bond donors (Lipinski definition) is 1. The zero-order valence-electron chi connectivity index (χ0n) is 13.4. The van der Waals surface area contributed by atoms with Crippen molar-refractivity contribution in [3.8, 4) is 0 Å². The highest BCUT2D eigenvalue weighted by Gasteiger charge is 2.09.